The number of ether oxygens (including phenoxy) is 1. The van der Waals surface area contributed by atoms with Crippen molar-refractivity contribution in [1.29, 1.82) is 0 Å². The Kier molecular flexibility index (Phi) is 5.99. The molecule has 0 aliphatic carbocycles. The number of hydrogen-bond acceptors (Lipinski definition) is 4. The predicted molar refractivity (Wildman–Crippen MR) is 74.3 cm³/mol. The van der Waals surface area contributed by atoms with E-state index in [0.717, 1.165) is 5.69 Å². The maximum atomic E-state index is 12.1. The molecule has 0 amide bonds. The molecule has 0 fully saturated rings. The first-order chi connectivity index (χ1) is 8.94. The second-order valence-corrected chi connectivity index (χ2v) is 6.04. The van der Waals surface area contributed by atoms with Gasteiger partial charge in [-0.05, 0) is 26.8 Å². The Morgan fingerprint density at radius 3 is 2.63 bits per heavy atom. The van der Waals surface area contributed by atoms with Crippen LogP contribution >= 0.6 is 0 Å². The van der Waals surface area contributed by atoms with Crippen molar-refractivity contribution >= 4 is 10.0 Å². The van der Waals surface area contributed by atoms with Crippen molar-refractivity contribution in [1.82, 2.24) is 9.29 Å². The summed E-state index contributed by atoms with van der Waals surface area (Å²) in [4.78, 5) is 0.249. The summed E-state index contributed by atoms with van der Waals surface area (Å²) in [6.45, 7) is 7.47. The normalized spacial score (nSPS) is 13.7. The van der Waals surface area contributed by atoms with Crippen molar-refractivity contribution in [2.24, 2.45) is 5.73 Å². The molecular formula is C12H23N3O3S. The molecule has 0 aliphatic rings. The summed E-state index contributed by atoms with van der Waals surface area (Å²) in [7, 11) is -3.50. The molecule has 110 valence electrons. The zero-order chi connectivity index (χ0) is 14.5. The van der Waals surface area contributed by atoms with Crippen LogP contribution in [0, 0.1) is 0 Å². The van der Waals surface area contributed by atoms with Gasteiger partial charge >= 0.3 is 0 Å². The van der Waals surface area contributed by atoms with Crippen LogP contribution < -0.4 is 10.5 Å². The molecule has 0 spiro atoms. The van der Waals surface area contributed by atoms with Crippen LogP contribution in [-0.2, 0) is 27.8 Å². The maximum Gasteiger partial charge on any atom is 0.242 e. The highest BCUT2D eigenvalue weighted by atomic mass is 32.2. The van der Waals surface area contributed by atoms with E-state index in [0.29, 0.717) is 19.7 Å². The predicted octanol–water partition coefficient (Wildman–Crippen LogP) is 0.670. The fraction of sp³-hybridized carbons (Fsp3) is 0.667. The van der Waals surface area contributed by atoms with Gasteiger partial charge in [-0.1, -0.05) is 0 Å². The van der Waals surface area contributed by atoms with E-state index >= 15 is 0 Å². The van der Waals surface area contributed by atoms with Crippen molar-refractivity contribution in [3.05, 3.63) is 18.0 Å². The first-order valence-electron chi connectivity index (χ1n) is 6.45. The highest BCUT2D eigenvalue weighted by molar-refractivity contribution is 7.89. The molecule has 1 heterocycles. The summed E-state index contributed by atoms with van der Waals surface area (Å²) < 4.78 is 33.9. The standard InChI is InChI=1S/C12H23N3O3S/c1-4-15-9-12(6-11(15)7-13)19(16,17)14-8-10(3)18-5-2/h6,9-10,14H,4-5,7-8,13H2,1-3H3. The first kappa shape index (κ1) is 16.2. The smallest absolute Gasteiger partial charge is 0.242 e. The number of aryl methyl sites for hydroxylation is 1. The Balaban J connectivity index is 2.79. The van der Waals surface area contributed by atoms with Gasteiger partial charge in [-0.2, -0.15) is 0 Å². The summed E-state index contributed by atoms with van der Waals surface area (Å²) in [5, 5.41) is 0. The molecular weight excluding hydrogens is 266 g/mol. The molecule has 1 atom stereocenters. The van der Waals surface area contributed by atoms with Gasteiger partial charge in [-0.25, -0.2) is 13.1 Å². The Morgan fingerprint density at radius 1 is 1.47 bits per heavy atom. The molecule has 19 heavy (non-hydrogen) atoms. The molecule has 1 aromatic heterocycles. The third-order valence-electron chi connectivity index (χ3n) is 2.83. The van der Waals surface area contributed by atoms with E-state index in [2.05, 4.69) is 4.72 Å². The van der Waals surface area contributed by atoms with E-state index in [9.17, 15) is 8.42 Å². The summed E-state index contributed by atoms with van der Waals surface area (Å²) in [5.74, 6) is 0. The molecule has 0 saturated carbocycles. The number of hydrogen-bond donors (Lipinski definition) is 2. The second kappa shape index (κ2) is 7.04. The summed E-state index contributed by atoms with van der Waals surface area (Å²) in [6, 6.07) is 1.61. The Hall–Kier alpha value is -0.890. The van der Waals surface area contributed by atoms with Crippen LogP contribution in [-0.4, -0.2) is 32.2 Å². The molecule has 0 aliphatic heterocycles. The topological polar surface area (TPSA) is 86.3 Å². The van der Waals surface area contributed by atoms with Crippen molar-refractivity contribution in [3.8, 4) is 0 Å². The van der Waals surface area contributed by atoms with Gasteiger partial charge in [0.15, 0.2) is 0 Å². The lowest BCUT2D eigenvalue weighted by molar-refractivity contribution is 0.0799. The Morgan fingerprint density at radius 2 is 2.16 bits per heavy atom. The summed E-state index contributed by atoms with van der Waals surface area (Å²) >= 11 is 0. The third-order valence-corrected chi connectivity index (χ3v) is 4.22. The van der Waals surface area contributed by atoms with E-state index in [1.807, 2.05) is 25.3 Å². The van der Waals surface area contributed by atoms with E-state index in [1.54, 1.807) is 12.3 Å². The quantitative estimate of drug-likeness (QED) is 0.736. The highest BCUT2D eigenvalue weighted by Gasteiger charge is 2.18. The molecule has 3 N–H and O–H groups in total. The Bertz CT molecular complexity index is 475. The number of nitrogens with two attached hydrogens (primary N) is 1. The first-order valence-corrected chi connectivity index (χ1v) is 7.93. The molecule has 7 heteroatoms. The van der Waals surface area contributed by atoms with Crippen LogP contribution in [0.25, 0.3) is 0 Å². The number of rotatable bonds is 8. The largest absolute Gasteiger partial charge is 0.377 e. The number of aromatic nitrogens is 1. The molecule has 0 aromatic carbocycles. The molecule has 1 unspecified atom stereocenters. The van der Waals surface area contributed by atoms with Crippen molar-refractivity contribution in [2.45, 2.75) is 44.9 Å². The van der Waals surface area contributed by atoms with E-state index in [-0.39, 0.29) is 17.5 Å². The van der Waals surface area contributed by atoms with Crippen molar-refractivity contribution in [3.63, 3.8) is 0 Å². The van der Waals surface area contributed by atoms with Gasteiger partial charge in [-0.15, -0.1) is 0 Å². The van der Waals surface area contributed by atoms with Gasteiger partial charge < -0.3 is 15.0 Å². The minimum Gasteiger partial charge on any atom is -0.377 e. The third kappa shape index (κ3) is 4.31. The van der Waals surface area contributed by atoms with Crippen LogP contribution in [0.1, 0.15) is 26.5 Å². The zero-order valence-corrected chi connectivity index (χ0v) is 12.5. The van der Waals surface area contributed by atoms with Gasteiger partial charge in [-0.3, -0.25) is 0 Å². The van der Waals surface area contributed by atoms with Gasteiger partial charge in [0.2, 0.25) is 10.0 Å². The summed E-state index contributed by atoms with van der Waals surface area (Å²) in [6.07, 6.45) is 1.46. The molecule has 0 bridgehead atoms. The second-order valence-electron chi connectivity index (χ2n) is 4.28. The fourth-order valence-corrected chi connectivity index (χ4v) is 2.97. The molecule has 0 radical (unpaired) electrons. The van der Waals surface area contributed by atoms with Crippen LogP contribution in [0.2, 0.25) is 0 Å². The molecule has 6 nitrogen and oxygen atoms in total. The maximum absolute atomic E-state index is 12.1. The van der Waals surface area contributed by atoms with Crippen LogP contribution in [0.5, 0.6) is 0 Å². The van der Waals surface area contributed by atoms with E-state index < -0.39 is 10.0 Å². The molecule has 1 aromatic rings. The average Bonchev–Trinajstić information content (AvgIpc) is 2.81. The van der Waals surface area contributed by atoms with Gasteiger partial charge in [0.05, 0.1) is 11.0 Å². The van der Waals surface area contributed by atoms with E-state index in [1.165, 1.54) is 0 Å². The summed E-state index contributed by atoms with van der Waals surface area (Å²) in [5.41, 5.74) is 6.39. The highest BCUT2D eigenvalue weighted by Crippen LogP contribution is 2.14. The lowest BCUT2D eigenvalue weighted by Crippen LogP contribution is -2.32. The van der Waals surface area contributed by atoms with Crippen LogP contribution in [0.3, 0.4) is 0 Å². The van der Waals surface area contributed by atoms with Gasteiger partial charge in [0, 0.05) is 38.1 Å². The average molecular weight is 289 g/mol. The molecule has 0 saturated heterocycles. The lowest BCUT2D eigenvalue weighted by Gasteiger charge is -2.12. The minimum absolute atomic E-state index is 0.151. The van der Waals surface area contributed by atoms with Crippen molar-refractivity contribution in [2.75, 3.05) is 13.2 Å². The fourth-order valence-electron chi connectivity index (χ4n) is 1.79. The van der Waals surface area contributed by atoms with E-state index in [4.69, 9.17) is 10.5 Å². The van der Waals surface area contributed by atoms with Crippen LogP contribution in [0.4, 0.5) is 0 Å². The molecule has 1 rings (SSSR count). The number of nitrogens with one attached hydrogen (secondary N) is 1. The monoisotopic (exact) mass is 289 g/mol. The van der Waals surface area contributed by atoms with Crippen LogP contribution in [0.15, 0.2) is 17.2 Å². The lowest BCUT2D eigenvalue weighted by atomic mass is 10.4. The number of nitrogens with zero attached hydrogens (tertiary/aromatic N) is 1. The van der Waals surface area contributed by atoms with Crippen molar-refractivity contribution < 1.29 is 13.2 Å². The minimum atomic E-state index is -3.50. The SMILES string of the molecule is CCOC(C)CNS(=O)(=O)c1cc(CN)n(CC)c1. The zero-order valence-electron chi connectivity index (χ0n) is 11.7. The number of sulfonamides is 1. The Labute approximate surface area is 115 Å². The van der Waals surface area contributed by atoms with Gasteiger partial charge in [0.1, 0.15) is 0 Å². The van der Waals surface area contributed by atoms with Gasteiger partial charge in [0.25, 0.3) is 0 Å².